The summed E-state index contributed by atoms with van der Waals surface area (Å²) >= 11 is 0. The Morgan fingerprint density at radius 3 is 2.48 bits per heavy atom. The topological polar surface area (TPSA) is 69.7 Å². The number of urea groups is 1. The van der Waals surface area contributed by atoms with E-state index in [1.165, 1.54) is 17.5 Å². The highest BCUT2D eigenvalue weighted by Gasteiger charge is 2.50. The van der Waals surface area contributed by atoms with Gasteiger partial charge in [0.25, 0.3) is 5.91 Å². The number of fused-ring (bicyclic) bond motifs is 1. The maximum Gasteiger partial charge on any atom is 0.325 e. The Labute approximate surface area is 194 Å². The molecule has 0 aromatic heterocycles. The summed E-state index contributed by atoms with van der Waals surface area (Å²) in [5.74, 6) is -0.578. The quantitative estimate of drug-likeness (QED) is 0.698. The summed E-state index contributed by atoms with van der Waals surface area (Å²) in [4.78, 5) is 42.8. The van der Waals surface area contributed by atoms with Gasteiger partial charge >= 0.3 is 6.03 Å². The molecular weight excluding hydrogens is 414 g/mol. The average molecular weight is 446 g/mol. The summed E-state index contributed by atoms with van der Waals surface area (Å²) in [7, 11) is 0. The zero-order chi connectivity index (χ0) is 23.0. The van der Waals surface area contributed by atoms with Crippen molar-refractivity contribution in [2.45, 2.75) is 69.9 Å². The molecule has 0 bridgehead atoms. The van der Waals surface area contributed by atoms with Gasteiger partial charge in [0, 0.05) is 11.7 Å². The minimum absolute atomic E-state index is 0.0949. The third-order valence-corrected chi connectivity index (χ3v) is 7.49. The van der Waals surface area contributed by atoms with E-state index in [1.807, 2.05) is 47.4 Å². The minimum atomic E-state index is -1.16. The molecule has 2 aromatic rings. The first kappa shape index (κ1) is 21.7. The van der Waals surface area contributed by atoms with Crippen LogP contribution in [0.2, 0.25) is 0 Å². The lowest BCUT2D eigenvalue weighted by Crippen LogP contribution is -2.48. The van der Waals surface area contributed by atoms with Crippen LogP contribution in [0.15, 0.2) is 48.5 Å². The van der Waals surface area contributed by atoms with Gasteiger partial charge in [-0.1, -0.05) is 55.7 Å². The van der Waals surface area contributed by atoms with Crippen molar-refractivity contribution in [2.75, 3.05) is 11.4 Å². The number of carbonyl (C=O) groups excluding carboxylic acids is 3. The van der Waals surface area contributed by atoms with E-state index in [-0.39, 0.29) is 24.4 Å². The Balaban J connectivity index is 1.39. The second-order valence-corrected chi connectivity index (χ2v) is 9.67. The van der Waals surface area contributed by atoms with Gasteiger partial charge in [-0.3, -0.25) is 14.5 Å². The van der Waals surface area contributed by atoms with Gasteiger partial charge in [0.1, 0.15) is 12.1 Å². The molecule has 3 aliphatic rings. The SMILES string of the molecule is C[C@@]1(c2ccc3c(c2)CCC3)NC(=O)N(CC(=O)N(c2ccccc2)C2CCCCC2)C1=O. The number of imide groups is 1. The van der Waals surface area contributed by atoms with Crippen molar-refractivity contribution in [3.05, 3.63) is 65.2 Å². The van der Waals surface area contributed by atoms with Crippen molar-refractivity contribution in [1.29, 1.82) is 0 Å². The summed E-state index contributed by atoms with van der Waals surface area (Å²) in [5, 5.41) is 2.87. The molecule has 1 N–H and O–H groups in total. The number of para-hydroxylation sites is 1. The first-order valence-electron chi connectivity index (χ1n) is 12.1. The predicted octanol–water partition coefficient (Wildman–Crippen LogP) is 4.31. The molecule has 2 fully saturated rings. The third-order valence-electron chi connectivity index (χ3n) is 7.49. The maximum absolute atomic E-state index is 13.5. The second kappa shape index (κ2) is 8.65. The van der Waals surface area contributed by atoms with E-state index in [0.717, 1.165) is 61.1 Å². The number of hydrogen-bond donors (Lipinski definition) is 1. The number of benzene rings is 2. The van der Waals surface area contributed by atoms with Crippen molar-refractivity contribution < 1.29 is 14.4 Å². The lowest BCUT2D eigenvalue weighted by atomic mass is 9.89. The Hall–Kier alpha value is -3.15. The van der Waals surface area contributed by atoms with Crippen LogP contribution in [0.5, 0.6) is 0 Å². The summed E-state index contributed by atoms with van der Waals surface area (Å²) in [5.41, 5.74) is 3.01. The Bertz CT molecular complexity index is 1080. The lowest BCUT2D eigenvalue weighted by molar-refractivity contribution is -0.134. The average Bonchev–Trinajstić information content (AvgIpc) is 3.39. The largest absolute Gasteiger partial charge is 0.325 e. The number of hydrogen-bond acceptors (Lipinski definition) is 3. The molecule has 172 valence electrons. The van der Waals surface area contributed by atoms with Gasteiger partial charge in [-0.25, -0.2) is 4.79 Å². The fourth-order valence-electron chi connectivity index (χ4n) is 5.62. The van der Waals surface area contributed by atoms with E-state index in [2.05, 4.69) is 11.4 Å². The van der Waals surface area contributed by atoms with Gasteiger partial charge in [0.05, 0.1) is 0 Å². The molecule has 6 nitrogen and oxygen atoms in total. The molecule has 2 aliphatic carbocycles. The van der Waals surface area contributed by atoms with Crippen LogP contribution in [-0.2, 0) is 28.0 Å². The number of rotatable bonds is 5. The number of amides is 4. The van der Waals surface area contributed by atoms with Gasteiger partial charge in [0.2, 0.25) is 5.91 Å². The second-order valence-electron chi connectivity index (χ2n) is 9.67. The third kappa shape index (κ3) is 3.92. The van der Waals surface area contributed by atoms with Gasteiger partial charge in [-0.2, -0.15) is 0 Å². The summed E-state index contributed by atoms with van der Waals surface area (Å²) in [6.07, 6.45) is 8.40. The van der Waals surface area contributed by atoms with Crippen LogP contribution in [0.1, 0.15) is 62.1 Å². The van der Waals surface area contributed by atoms with E-state index in [0.29, 0.717) is 0 Å². The zero-order valence-corrected chi connectivity index (χ0v) is 19.2. The summed E-state index contributed by atoms with van der Waals surface area (Å²) in [6, 6.07) is 15.2. The van der Waals surface area contributed by atoms with Crippen molar-refractivity contribution in [1.82, 2.24) is 10.2 Å². The van der Waals surface area contributed by atoms with E-state index >= 15 is 0 Å². The fourth-order valence-corrected chi connectivity index (χ4v) is 5.62. The Morgan fingerprint density at radius 1 is 1.00 bits per heavy atom. The van der Waals surface area contributed by atoms with Crippen molar-refractivity contribution >= 4 is 23.5 Å². The van der Waals surface area contributed by atoms with Crippen LogP contribution in [-0.4, -0.2) is 35.3 Å². The molecule has 1 saturated carbocycles. The first-order chi connectivity index (χ1) is 16.0. The molecular formula is C27H31N3O3. The molecule has 1 saturated heterocycles. The normalized spacial score (nSPS) is 22.9. The van der Waals surface area contributed by atoms with Crippen LogP contribution >= 0.6 is 0 Å². The van der Waals surface area contributed by atoms with Crippen LogP contribution in [0.3, 0.4) is 0 Å². The smallest absolute Gasteiger partial charge is 0.319 e. The van der Waals surface area contributed by atoms with Crippen LogP contribution in [0, 0.1) is 0 Å². The molecule has 0 radical (unpaired) electrons. The van der Waals surface area contributed by atoms with Crippen molar-refractivity contribution in [3.63, 3.8) is 0 Å². The van der Waals surface area contributed by atoms with E-state index in [4.69, 9.17) is 0 Å². The summed E-state index contributed by atoms with van der Waals surface area (Å²) < 4.78 is 0. The van der Waals surface area contributed by atoms with Gasteiger partial charge < -0.3 is 10.2 Å². The Morgan fingerprint density at radius 2 is 1.73 bits per heavy atom. The highest BCUT2D eigenvalue weighted by molar-refractivity contribution is 6.10. The van der Waals surface area contributed by atoms with E-state index < -0.39 is 11.6 Å². The highest BCUT2D eigenvalue weighted by atomic mass is 16.2. The maximum atomic E-state index is 13.5. The highest BCUT2D eigenvalue weighted by Crippen LogP contribution is 2.33. The number of nitrogens with one attached hydrogen (secondary N) is 1. The van der Waals surface area contributed by atoms with Crippen LogP contribution < -0.4 is 10.2 Å². The molecule has 1 aliphatic heterocycles. The predicted molar refractivity (Wildman–Crippen MR) is 127 cm³/mol. The van der Waals surface area contributed by atoms with Gasteiger partial charge in [-0.15, -0.1) is 0 Å². The van der Waals surface area contributed by atoms with Gasteiger partial charge in [0.15, 0.2) is 0 Å². The molecule has 6 heteroatoms. The van der Waals surface area contributed by atoms with E-state index in [1.54, 1.807) is 6.92 Å². The molecule has 0 spiro atoms. The summed E-state index contributed by atoms with van der Waals surface area (Å²) in [6.45, 7) is 1.49. The molecule has 4 amide bonds. The standard InChI is InChI=1S/C27H31N3O3/c1-27(21-16-15-19-9-8-10-20(19)17-21)25(32)29(26(33)28-27)18-24(31)30(22-11-4-2-5-12-22)23-13-6-3-7-14-23/h2,4-5,11-12,15-17,23H,3,6-10,13-14,18H2,1H3,(H,28,33)/t27-/m0/s1. The number of anilines is 1. The molecule has 1 heterocycles. The number of carbonyl (C=O) groups is 3. The number of aryl methyl sites for hydroxylation is 2. The van der Waals surface area contributed by atoms with Crippen LogP contribution in [0.25, 0.3) is 0 Å². The fraction of sp³-hybridized carbons (Fsp3) is 0.444. The Kier molecular flexibility index (Phi) is 5.69. The van der Waals surface area contributed by atoms with E-state index in [9.17, 15) is 14.4 Å². The van der Waals surface area contributed by atoms with Crippen molar-refractivity contribution in [2.24, 2.45) is 0 Å². The first-order valence-corrected chi connectivity index (χ1v) is 12.1. The molecule has 0 unspecified atom stereocenters. The molecule has 33 heavy (non-hydrogen) atoms. The molecule has 2 aromatic carbocycles. The number of nitrogens with zero attached hydrogens (tertiary/aromatic N) is 2. The zero-order valence-electron chi connectivity index (χ0n) is 19.2. The molecule has 1 atom stereocenters. The molecule has 5 rings (SSSR count). The lowest BCUT2D eigenvalue weighted by Gasteiger charge is -2.35. The minimum Gasteiger partial charge on any atom is -0.319 e. The van der Waals surface area contributed by atoms with Gasteiger partial charge in [-0.05, 0) is 67.9 Å². The van der Waals surface area contributed by atoms with Crippen molar-refractivity contribution in [3.8, 4) is 0 Å². The van der Waals surface area contributed by atoms with Crippen LogP contribution in [0.4, 0.5) is 10.5 Å². The monoisotopic (exact) mass is 445 g/mol.